The number of anilines is 1. The number of nitrogens with two attached hydrogens (primary N) is 1. The molecule has 6 rings (SSSR count). The van der Waals surface area contributed by atoms with E-state index >= 15 is 0 Å². The highest BCUT2D eigenvalue weighted by Crippen LogP contribution is 2.38. The first-order chi connectivity index (χ1) is 16.7. The second-order valence-corrected chi connectivity index (χ2v) is 8.80. The first kappa shape index (κ1) is 20.9. The maximum absolute atomic E-state index is 6.20. The third-order valence-electron chi connectivity index (χ3n) is 5.94. The first-order valence-electron chi connectivity index (χ1n) is 10.9. The average molecular weight is 557 g/mol. The lowest BCUT2D eigenvalue weighted by Gasteiger charge is -2.11. The Labute approximate surface area is 210 Å². The smallest absolute Gasteiger partial charge is 0.238 e. The van der Waals surface area contributed by atoms with Crippen LogP contribution in [-0.2, 0) is 11.0 Å². The van der Waals surface area contributed by atoms with Gasteiger partial charge >= 0.3 is 0 Å². The van der Waals surface area contributed by atoms with Crippen LogP contribution in [0.5, 0.6) is 5.75 Å². The number of nitrogens with zero attached hydrogens (tertiary/aromatic N) is 4. The van der Waals surface area contributed by atoms with Crippen LogP contribution in [0, 0.1) is 0 Å². The van der Waals surface area contributed by atoms with Gasteiger partial charge in [0.1, 0.15) is 23.6 Å². The van der Waals surface area contributed by atoms with Crippen LogP contribution in [0.25, 0.3) is 16.8 Å². The lowest BCUT2D eigenvalue weighted by molar-refractivity contribution is 0.305. The molecule has 0 unspecified atom stereocenters. The number of hydrogen-bond donors (Lipinski definition) is 1. The minimum atomic E-state index is 0.227. The molecule has 166 valence electrons. The molecule has 0 saturated heterocycles. The summed E-state index contributed by atoms with van der Waals surface area (Å²) in [7, 11) is 0. The molecule has 0 saturated carbocycles. The molecule has 0 radical (unpaired) electrons. The molecule has 0 amide bonds. The van der Waals surface area contributed by atoms with Crippen molar-refractivity contribution >= 4 is 45.5 Å². The number of aliphatic imine (C=N–C) groups is 1. The van der Waals surface area contributed by atoms with Crippen LogP contribution in [0.1, 0.15) is 22.3 Å². The predicted molar refractivity (Wildman–Crippen MR) is 143 cm³/mol. The molecule has 0 bridgehead atoms. The Kier molecular flexibility index (Phi) is 5.26. The maximum atomic E-state index is 6.20. The molecule has 5 aromatic rings. The number of alkyl halides is 1. The molecule has 0 atom stereocenters. The van der Waals surface area contributed by atoms with Gasteiger partial charge in [-0.05, 0) is 35.4 Å². The zero-order valence-electron chi connectivity index (χ0n) is 18.1. The molecule has 7 heteroatoms. The third kappa shape index (κ3) is 3.62. The zero-order valence-corrected chi connectivity index (χ0v) is 20.3. The molecule has 6 nitrogen and oxygen atoms in total. The molecule has 0 aliphatic carbocycles. The minimum Gasteiger partial charge on any atom is -0.489 e. The molecule has 2 aromatic heterocycles. The van der Waals surface area contributed by atoms with E-state index in [1.165, 1.54) is 11.1 Å². The van der Waals surface area contributed by atoms with Crippen LogP contribution in [0.3, 0.4) is 0 Å². The molecule has 2 N–H and O–H groups in total. The van der Waals surface area contributed by atoms with Crippen LogP contribution >= 0.6 is 22.6 Å². The first-order valence-corrected chi connectivity index (χ1v) is 12.4. The van der Waals surface area contributed by atoms with Gasteiger partial charge in [-0.25, -0.2) is 14.5 Å². The number of para-hydroxylation sites is 1. The van der Waals surface area contributed by atoms with E-state index in [4.69, 9.17) is 15.5 Å². The largest absolute Gasteiger partial charge is 0.489 e. The van der Waals surface area contributed by atoms with Gasteiger partial charge in [-0.3, -0.25) is 0 Å². The van der Waals surface area contributed by atoms with E-state index in [1.807, 2.05) is 60.8 Å². The molecule has 1 aliphatic heterocycles. The lowest BCUT2D eigenvalue weighted by Crippen LogP contribution is -2.06. The van der Waals surface area contributed by atoms with Gasteiger partial charge in [-0.15, -0.1) is 5.10 Å². The second kappa shape index (κ2) is 8.57. The van der Waals surface area contributed by atoms with Crippen molar-refractivity contribution in [3.8, 4) is 17.0 Å². The summed E-state index contributed by atoms with van der Waals surface area (Å²) in [6, 6.07) is 26.4. The van der Waals surface area contributed by atoms with Gasteiger partial charge in [-0.1, -0.05) is 77.2 Å². The molecule has 34 heavy (non-hydrogen) atoms. The van der Waals surface area contributed by atoms with E-state index < -0.39 is 0 Å². The van der Waals surface area contributed by atoms with Crippen molar-refractivity contribution in [3.63, 3.8) is 0 Å². The van der Waals surface area contributed by atoms with Crippen molar-refractivity contribution in [2.75, 3.05) is 5.73 Å². The lowest BCUT2D eigenvalue weighted by atomic mass is 10.0. The van der Waals surface area contributed by atoms with Gasteiger partial charge in [0, 0.05) is 27.3 Å². The highest BCUT2D eigenvalue weighted by Gasteiger charge is 2.23. The van der Waals surface area contributed by atoms with E-state index in [9.17, 15) is 0 Å². The summed E-state index contributed by atoms with van der Waals surface area (Å²) < 4.78 is 8.93. The number of rotatable bonds is 5. The highest BCUT2D eigenvalue weighted by atomic mass is 127. The van der Waals surface area contributed by atoms with Crippen molar-refractivity contribution in [3.05, 3.63) is 107 Å². The van der Waals surface area contributed by atoms with Gasteiger partial charge in [0.15, 0.2) is 0 Å². The number of fused-ring (bicyclic) bond motifs is 2. The Morgan fingerprint density at radius 2 is 1.71 bits per heavy atom. The Hall–Kier alpha value is -3.72. The van der Waals surface area contributed by atoms with E-state index in [-0.39, 0.29) is 5.95 Å². The number of nitrogen functional groups attached to an aromatic ring is 1. The van der Waals surface area contributed by atoms with Gasteiger partial charge in [0.2, 0.25) is 5.95 Å². The third-order valence-corrected chi connectivity index (χ3v) is 6.76. The van der Waals surface area contributed by atoms with Crippen LogP contribution in [0.15, 0.2) is 90.1 Å². The van der Waals surface area contributed by atoms with Crippen molar-refractivity contribution in [2.45, 2.75) is 11.0 Å². The van der Waals surface area contributed by atoms with Gasteiger partial charge < -0.3 is 10.5 Å². The van der Waals surface area contributed by atoms with Crippen LogP contribution < -0.4 is 10.5 Å². The number of halogens is 1. The topological polar surface area (TPSA) is 77.8 Å². The maximum Gasteiger partial charge on any atom is 0.238 e. The number of ether oxygens (including phenoxy) is 1. The van der Waals surface area contributed by atoms with E-state index in [1.54, 1.807) is 4.52 Å². The van der Waals surface area contributed by atoms with Crippen LogP contribution in [-0.4, -0.2) is 20.3 Å². The van der Waals surface area contributed by atoms with Gasteiger partial charge in [0.05, 0.1) is 11.4 Å². The van der Waals surface area contributed by atoms with Crippen molar-refractivity contribution in [2.24, 2.45) is 4.99 Å². The summed E-state index contributed by atoms with van der Waals surface area (Å²) in [6.07, 6.45) is 1.90. The number of aromatic nitrogens is 3. The molecule has 3 heterocycles. The molecule has 0 fully saturated rings. The summed E-state index contributed by atoms with van der Waals surface area (Å²) in [5.74, 6) is 1.02. The van der Waals surface area contributed by atoms with E-state index in [2.05, 4.69) is 56.9 Å². The Morgan fingerprint density at radius 1 is 0.882 bits per heavy atom. The number of benzene rings is 3. The quantitative estimate of drug-likeness (QED) is 0.209. The fourth-order valence-corrected chi connectivity index (χ4v) is 5.06. The molecule has 3 aromatic carbocycles. The Balaban J connectivity index is 1.44. The summed E-state index contributed by atoms with van der Waals surface area (Å²) in [5, 5.41) is 4.38. The average Bonchev–Trinajstić information content (AvgIpc) is 3.23. The van der Waals surface area contributed by atoms with Crippen molar-refractivity contribution in [1.29, 1.82) is 0 Å². The summed E-state index contributed by atoms with van der Waals surface area (Å²) in [5.41, 5.74) is 14.7. The molecule has 0 spiro atoms. The zero-order chi connectivity index (χ0) is 23.1. The fraction of sp³-hybridized carbons (Fsp3) is 0.0741. The summed E-state index contributed by atoms with van der Waals surface area (Å²) in [4.78, 5) is 9.65. The predicted octanol–water partition coefficient (Wildman–Crippen LogP) is 5.98. The standard InChI is InChI=1S/C27H20IN5O/c28-15-18-6-1-2-7-19(18)16-34-20-9-5-8-17(14-20)24-22-12-13-33-26(22)25(31-27(29)32-33)21-10-3-4-11-23(21)30-24/h1-14H,15-16H2,(H2,29,32). The summed E-state index contributed by atoms with van der Waals surface area (Å²) in [6.45, 7) is 0.518. The van der Waals surface area contributed by atoms with Crippen molar-refractivity contribution in [1.82, 2.24) is 14.6 Å². The monoisotopic (exact) mass is 557 g/mol. The molecular weight excluding hydrogens is 537 g/mol. The van der Waals surface area contributed by atoms with Crippen LogP contribution in [0.2, 0.25) is 0 Å². The van der Waals surface area contributed by atoms with Gasteiger partial charge in [-0.2, -0.15) is 0 Å². The fourth-order valence-electron chi connectivity index (χ4n) is 4.32. The van der Waals surface area contributed by atoms with Crippen molar-refractivity contribution < 1.29 is 4.74 Å². The van der Waals surface area contributed by atoms with E-state index in [0.29, 0.717) is 6.61 Å². The molecular formula is C27H20IN5O. The minimum absolute atomic E-state index is 0.227. The van der Waals surface area contributed by atoms with E-state index in [0.717, 1.165) is 49.5 Å². The summed E-state index contributed by atoms with van der Waals surface area (Å²) >= 11 is 2.38. The van der Waals surface area contributed by atoms with Gasteiger partial charge in [0.25, 0.3) is 0 Å². The van der Waals surface area contributed by atoms with Crippen LogP contribution in [0.4, 0.5) is 11.6 Å². The second-order valence-electron chi connectivity index (χ2n) is 8.04. The molecule has 1 aliphatic rings. The SMILES string of the molecule is Nc1nc2c3c(ccn3n1)C(c1cccc(OCc3ccccc3CI)c1)=Nc1ccccc1-2. The normalized spacial score (nSPS) is 12.2. The Morgan fingerprint density at radius 3 is 2.59 bits per heavy atom. The number of hydrogen-bond acceptors (Lipinski definition) is 5. The Bertz CT molecular complexity index is 1570. The highest BCUT2D eigenvalue weighted by molar-refractivity contribution is 14.1.